The molecular weight excluding hydrogens is 174 g/mol. The molecule has 0 atom stereocenters. The average molecular weight is 184 g/mol. The lowest BCUT2D eigenvalue weighted by molar-refractivity contribution is 0.530. The van der Waals surface area contributed by atoms with Crippen LogP contribution in [0.3, 0.4) is 0 Å². The number of hydrogen-bond donors (Lipinski definition) is 0. The second kappa shape index (κ2) is 3.16. The monoisotopic (exact) mass is 183 g/mol. The maximum atomic E-state index is 8.71. The third kappa shape index (κ3) is 1.30. The lowest BCUT2D eigenvalue weighted by Gasteiger charge is -2.05. The fourth-order valence-corrected chi connectivity index (χ4v) is 1.40. The maximum Gasteiger partial charge on any atom is 0.145 e. The predicted octanol–water partition coefficient (Wildman–Crippen LogP) is 2.30. The van der Waals surface area contributed by atoms with E-state index in [-0.39, 0.29) is 6.04 Å². The van der Waals surface area contributed by atoms with Crippen molar-refractivity contribution in [3.63, 3.8) is 0 Å². The van der Waals surface area contributed by atoms with Crippen molar-refractivity contribution >= 4 is 11.6 Å². The van der Waals surface area contributed by atoms with E-state index in [9.17, 15) is 0 Å². The Morgan fingerprint density at radius 1 is 1.58 bits per heavy atom. The van der Waals surface area contributed by atoms with Crippen LogP contribution in [0.25, 0.3) is 0 Å². The van der Waals surface area contributed by atoms with Gasteiger partial charge < -0.3 is 0 Å². The molecule has 0 amide bonds. The summed E-state index contributed by atoms with van der Waals surface area (Å²) in [6, 6.07) is 2.22. The molecule has 0 saturated heterocycles. The van der Waals surface area contributed by atoms with Crippen molar-refractivity contribution in [1.29, 1.82) is 5.26 Å². The second-order valence-electron chi connectivity index (χ2n) is 2.90. The number of rotatable bonds is 1. The lowest BCUT2D eigenvalue weighted by Crippen LogP contribution is -2.02. The van der Waals surface area contributed by atoms with Crippen LogP contribution in [-0.4, -0.2) is 9.78 Å². The zero-order valence-corrected chi connectivity index (χ0v) is 8.05. The molecule has 1 aromatic heterocycles. The summed E-state index contributed by atoms with van der Waals surface area (Å²) in [4.78, 5) is 0. The van der Waals surface area contributed by atoms with Crippen molar-refractivity contribution in [2.24, 2.45) is 0 Å². The van der Waals surface area contributed by atoms with E-state index >= 15 is 0 Å². The second-order valence-corrected chi connectivity index (χ2v) is 3.26. The van der Waals surface area contributed by atoms with Crippen LogP contribution < -0.4 is 0 Å². The van der Waals surface area contributed by atoms with Crippen molar-refractivity contribution in [1.82, 2.24) is 9.78 Å². The molecule has 0 aliphatic rings. The Balaban J connectivity index is 3.29. The Morgan fingerprint density at radius 2 is 2.17 bits per heavy atom. The van der Waals surface area contributed by atoms with Gasteiger partial charge in [0.15, 0.2) is 0 Å². The van der Waals surface area contributed by atoms with Gasteiger partial charge in [0.1, 0.15) is 16.8 Å². The highest BCUT2D eigenvalue weighted by atomic mass is 35.5. The minimum absolute atomic E-state index is 0.193. The van der Waals surface area contributed by atoms with Crippen molar-refractivity contribution in [2.45, 2.75) is 26.8 Å². The van der Waals surface area contributed by atoms with Crippen LogP contribution in [0.1, 0.15) is 31.1 Å². The first kappa shape index (κ1) is 9.08. The summed E-state index contributed by atoms with van der Waals surface area (Å²) in [5.74, 6) is 0. The molecule has 0 unspecified atom stereocenters. The van der Waals surface area contributed by atoms with Gasteiger partial charge in [-0.1, -0.05) is 11.6 Å². The largest absolute Gasteiger partial charge is 0.250 e. The van der Waals surface area contributed by atoms with E-state index in [0.29, 0.717) is 16.4 Å². The van der Waals surface area contributed by atoms with Gasteiger partial charge in [-0.25, -0.2) is 4.68 Å². The number of aryl methyl sites for hydroxylation is 1. The normalized spacial score (nSPS) is 10.3. The molecule has 0 aliphatic carbocycles. The highest BCUT2D eigenvalue weighted by Crippen LogP contribution is 2.21. The van der Waals surface area contributed by atoms with Gasteiger partial charge >= 0.3 is 0 Å². The van der Waals surface area contributed by atoms with Crippen LogP contribution in [0.5, 0.6) is 0 Å². The molecule has 0 fully saturated rings. The molecule has 64 valence electrons. The molecule has 3 nitrogen and oxygen atoms in total. The number of hydrogen-bond acceptors (Lipinski definition) is 2. The Morgan fingerprint density at radius 3 is 2.42 bits per heavy atom. The Hall–Kier alpha value is -1.01. The van der Waals surface area contributed by atoms with Crippen LogP contribution in [0.2, 0.25) is 5.15 Å². The minimum Gasteiger partial charge on any atom is -0.250 e. The number of nitriles is 1. The summed E-state index contributed by atoms with van der Waals surface area (Å²) >= 11 is 5.90. The molecule has 0 aromatic carbocycles. The molecule has 12 heavy (non-hydrogen) atoms. The van der Waals surface area contributed by atoms with Crippen LogP contribution in [0.15, 0.2) is 0 Å². The molecule has 0 N–H and O–H groups in total. The first-order valence-corrected chi connectivity index (χ1v) is 4.10. The summed E-state index contributed by atoms with van der Waals surface area (Å²) in [5.41, 5.74) is 1.17. The van der Waals surface area contributed by atoms with E-state index in [1.165, 1.54) is 0 Å². The fraction of sp³-hybridized carbons (Fsp3) is 0.500. The fourth-order valence-electron chi connectivity index (χ4n) is 0.989. The van der Waals surface area contributed by atoms with Gasteiger partial charge in [-0.15, -0.1) is 0 Å². The van der Waals surface area contributed by atoms with E-state index in [2.05, 4.69) is 5.10 Å². The quantitative estimate of drug-likeness (QED) is 0.671. The van der Waals surface area contributed by atoms with Gasteiger partial charge in [-0.3, -0.25) is 0 Å². The predicted molar refractivity (Wildman–Crippen MR) is 47.1 cm³/mol. The van der Waals surface area contributed by atoms with E-state index in [0.717, 1.165) is 0 Å². The molecule has 0 radical (unpaired) electrons. The van der Waals surface area contributed by atoms with Gasteiger partial charge in [0.25, 0.3) is 0 Å². The zero-order chi connectivity index (χ0) is 9.30. The lowest BCUT2D eigenvalue weighted by atomic mass is 10.3. The van der Waals surface area contributed by atoms with Crippen molar-refractivity contribution in [2.75, 3.05) is 0 Å². The van der Waals surface area contributed by atoms with Crippen LogP contribution in [-0.2, 0) is 0 Å². The van der Waals surface area contributed by atoms with Crippen molar-refractivity contribution < 1.29 is 0 Å². The Kier molecular flexibility index (Phi) is 2.39. The Labute approximate surface area is 76.6 Å². The summed E-state index contributed by atoms with van der Waals surface area (Å²) in [7, 11) is 0. The number of aromatic nitrogens is 2. The zero-order valence-electron chi connectivity index (χ0n) is 7.30. The highest BCUT2D eigenvalue weighted by Gasteiger charge is 2.13. The molecule has 0 saturated carbocycles. The molecule has 0 spiro atoms. The van der Waals surface area contributed by atoms with Gasteiger partial charge in [-0.05, 0) is 20.8 Å². The Bertz CT molecular complexity index is 333. The van der Waals surface area contributed by atoms with Gasteiger partial charge in [0, 0.05) is 6.04 Å². The third-order valence-corrected chi connectivity index (χ3v) is 1.99. The van der Waals surface area contributed by atoms with Crippen molar-refractivity contribution in [3.8, 4) is 6.07 Å². The van der Waals surface area contributed by atoms with E-state index in [4.69, 9.17) is 16.9 Å². The SMILES string of the molecule is Cc1nn(C(C)C)c(Cl)c1C#N. The summed E-state index contributed by atoms with van der Waals surface area (Å²) in [6.45, 7) is 5.72. The molecule has 1 heterocycles. The first-order chi connectivity index (χ1) is 5.57. The van der Waals surface area contributed by atoms with E-state index in [1.54, 1.807) is 11.6 Å². The maximum absolute atomic E-state index is 8.71. The molecule has 4 heteroatoms. The molecule has 0 aliphatic heterocycles. The topological polar surface area (TPSA) is 41.6 Å². The summed E-state index contributed by atoms with van der Waals surface area (Å²) in [6.07, 6.45) is 0. The summed E-state index contributed by atoms with van der Waals surface area (Å²) < 4.78 is 1.65. The first-order valence-electron chi connectivity index (χ1n) is 3.72. The van der Waals surface area contributed by atoms with Gasteiger partial charge in [0.05, 0.1) is 5.69 Å². The number of halogens is 1. The number of nitrogens with zero attached hydrogens (tertiary/aromatic N) is 3. The van der Waals surface area contributed by atoms with Crippen molar-refractivity contribution in [3.05, 3.63) is 16.4 Å². The highest BCUT2D eigenvalue weighted by molar-refractivity contribution is 6.30. The molecule has 0 bridgehead atoms. The third-order valence-electron chi connectivity index (χ3n) is 1.63. The van der Waals surface area contributed by atoms with E-state index < -0.39 is 0 Å². The smallest absolute Gasteiger partial charge is 0.145 e. The minimum atomic E-state index is 0.193. The van der Waals surface area contributed by atoms with E-state index in [1.807, 2.05) is 19.9 Å². The van der Waals surface area contributed by atoms with Crippen LogP contribution >= 0.6 is 11.6 Å². The van der Waals surface area contributed by atoms with Crippen LogP contribution in [0, 0.1) is 18.3 Å². The van der Waals surface area contributed by atoms with Crippen LogP contribution in [0.4, 0.5) is 0 Å². The van der Waals surface area contributed by atoms with Gasteiger partial charge in [0.2, 0.25) is 0 Å². The molecule has 1 rings (SSSR count). The molecule has 1 aromatic rings. The molecular formula is C8H10ClN3. The summed E-state index contributed by atoms with van der Waals surface area (Å²) in [5, 5.41) is 13.3. The van der Waals surface area contributed by atoms with Gasteiger partial charge in [-0.2, -0.15) is 10.4 Å². The average Bonchev–Trinajstić information content (AvgIpc) is 2.27. The standard InChI is InChI=1S/C8H10ClN3/c1-5(2)12-8(9)7(4-10)6(3)11-12/h5H,1-3H3.